The Balaban J connectivity index is 2.57. The second-order valence-electron chi connectivity index (χ2n) is 8.59. The van der Waals surface area contributed by atoms with Gasteiger partial charge in [0.1, 0.15) is 16.3 Å². The van der Waals surface area contributed by atoms with Crippen LogP contribution in [0.2, 0.25) is 0 Å². The number of alkyl halides is 2. The molecule has 0 saturated carbocycles. The Hall–Kier alpha value is -0.860. The van der Waals surface area contributed by atoms with E-state index in [0.29, 0.717) is 27.7 Å². The lowest BCUT2D eigenvalue weighted by Gasteiger charge is -2.23. The minimum absolute atomic E-state index is 0.0464. The summed E-state index contributed by atoms with van der Waals surface area (Å²) in [7, 11) is -1.61. The first-order valence-corrected chi connectivity index (χ1v) is 10.4. The highest BCUT2D eigenvalue weighted by Crippen LogP contribution is 2.33. The van der Waals surface area contributed by atoms with Gasteiger partial charge in [-0.1, -0.05) is 20.8 Å². The molecular formula is C18H26BrF2N3OS. The highest BCUT2D eigenvalue weighted by atomic mass is 79.9. The van der Waals surface area contributed by atoms with E-state index in [-0.39, 0.29) is 5.41 Å². The topological polar surface area (TPSA) is 46.9 Å². The summed E-state index contributed by atoms with van der Waals surface area (Å²) in [5, 5.41) is 0.640. The molecule has 0 aliphatic carbocycles. The summed E-state index contributed by atoms with van der Waals surface area (Å²) < 4.78 is 44.6. The summed E-state index contributed by atoms with van der Waals surface area (Å²) in [5.74, 6) is 0. The third-order valence-electron chi connectivity index (χ3n) is 3.74. The van der Waals surface area contributed by atoms with E-state index in [9.17, 15) is 13.0 Å². The molecule has 0 radical (unpaired) electrons. The van der Waals surface area contributed by atoms with Crippen molar-refractivity contribution in [1.29, 1.82) is 0 Å². The van der Waals surface area contributed by atoms with E-state index in [1.807, 2.05) is 4.57 Å². The van der Waals surface area contributed by atoms with Crippen molar-refractivity contribution in [2.45, 2.75) is 65.3 Å². The Morgan fingerprint density at radius 3 is 2.35 bits per heavy atom. The molecule has 0 amide bonds. The van der Waals surface area contributed by atoms with Crippen LogP contribution in [-0.2, 0) is 17.5 Å². The van der Waals surface area contributed by atoms with Crippen LogP contribution in [0.3, 0.4) is 0 Å². The van der Waals surface area contributed by atoms with Crippen molar-refractivity contribution >= 4 is 37.9 Å². The standard InChI is InChI=1S/C18H26BrF2N3OS/c1-17(2,3)10-24-9-12(11-7-8-13(19)22-16(11)24)14(15(20)21)23-26(25)18(4,5)6/h7-9,14-15,23H,10H2,1-6H3/t14-,26?/m0/s1. The zero-order valence-electron chi connectivity index (χ0n) is 15.9. The molecule has 2 aromatic rings. The van der Waals surface area contributed by atoms with Crippen LogP contribution in [-0.4, -0.2) is 24.9 Å². The van der Waals surface area contributed by atoms with E-state index >= 15 is 0 Å². The van der Waals surface area contributed by atoms with Gasteiger partial charge >= 0.3 is 0 Å². The molecule has 146 valence electrons. The molecule has 1 N–H and O–H groups in total. The molecule has 26 heavy (non-hydrogen) atoms. The van der Waals surface area contributed by atoms with Gasteiger partial charge in [0.2, 0.25) is 0 Å². The molecular weight excluding hydrogens is 424 g/mol. The van der Waals surface area contributed by atoms with E-state index in [1.54, 1.807) is 39.1 Å². The zero-order valence-corrected chi connectivity index (χ0v) is 18.3. The fourth-order valence-corrected chi connectivity index (χ4v) is 3.70. The van der Waals surface area contributed by atoms with Crippen LogP contribution in [0.1, 0.15) is 53.1 Å². The summed E-state index contributed by atoms with van der Waals surface area (Å²) in [6.45, 7) is 12.1. The van der Waals surface area contributed by atoms with Crippen molar-refractivity contribution in [2.24, 2.45) is 5.41 Å². The zero-order chi connectivity index (χ0) is 19.9. The van der Waals surface area contributed by atoms with Gasteiger partial charge in [0.05, 0.1) is 15.7 Å². The Morgan fingerprint density at radius 2 is 1.85 bits per heavy atom. The van der Waals surface area contributed by atoms with Crippen LogP contribution in [0.5, 0.6) is 0 Å². The van der Waals surface area contributed by atoms with Gasteiger partial charge in [-0.2, -0.15) is 0 Å². The Labute approximate surface area is 164 Å². The number of nitrogens with one attached hydrogen (secondary N) is 1. The first-order chi connectivity index (χ1) is 11.8. The van der Waals surface area contributed by atoms with E-state index < -0.39 is 28.2 Å². The smallest absolute Gasteiger partial charge is 0.258 e. The summed E-state index contributed by atoms with van der Waals surface area (Å²) in [5.41, 5.74) is 1.00. The minimum atomic E-state index is -2.70. The molecule has 0 saturated heterocycles. The summed E-state index contributed by atoms with van der Waals surface area (Å²) in [6.07, 6.45) is -0.988. The van der Waals surface area contributed by atoms with Gasteiger partial charge < -0.3 is 4.57 Å². The number of hydrogen-bond acceptors (Lipinski definition) is 2. The van der Waals surface area contributed by atoms with Crippen LogP contribution in [0, 0.1) is 5.41 Å². The normalized spacial score (nSPS) is 15.6. The number of nitrogens with zero attached hydrogens (tertiary/aromatic N) is 2. The minimum Gasteiger partial charge on any atom is -0.332 e. The molecule has 0 bridgehead atoms. The lowest BCUT2D eigenvalue weighted by Crippen LogP contribution is -2.38. The molecule has 2 rings (SSSR count). The van der Waals surface area contributed by atoms with Gasteiger partial charge in [-0.25, -0.2) is 22.7 Å². The number of fused-ring (bicyclic) bond motifs is 1. The number of pyridine rings is 1. The molecule has 0 fully saturated rings. The number of hydrogen-bond donors (Lipinski definition) is 1. The van der Waals surface area contributed by atoms with E-state index in [2.05, 4.69) is 46.4 Å². The number of rotatable bonds is 5. The van der Waals surface area contributed by atoms with Crippen LogP contribution in [0.15, 0.2) is 22.9 Å². The lowest BCUT2D eigenvalue weighted by molar-refractivity contribution is 0.110. The molecule has 2 heterocycles. The van der Waals surface area contributed by atoms with Gasteiger partial charge in [0.15, 0.2) is 0 Å². The molecule has 0 aromatic carbocycles. The van der Waals surface area contributed by atoms with Crippen molar-refractivity contribution in [2.75, 3.05) is 0 Å². The van der Waals surface area contributed by atoms with E-state index in [4.69, 9.17) is 0 Å². The molecule has 4 nitrogen and oxygen atoms in total. The molecule has 1 unspecified atom stereocenters. The van der Waals surface area contributed by atoms with Crippen LogP contribution in [0.25, 0.3) is 11.0 Å². The van der Waals surface area contributed by atoms with Gasteiger partial charge in [0, 0.05) is 23.7 Å². The first-order valence-electron chi connectivity index (χ1n) is 8.41. The largest absolute Gasteiger partial charge is 0.332 e. The monoisotopic (exact) mass is 449 g/mol. The third kappa shape index (κ3) is 5.10. The van der Waals surface area contributed by atoms with E-state index in [0.717, 1.165) is 0 Å². The number of halogens is 3. The maximum Gasteiger partial charge on any atom is 0.258 e. The number of aromatic nitrogens is 2. The van der Waals surface area contributed by atoms with Crippen LogP contribution >= 0.6 is 15.9 Å². The van der Waals surface area contributed by atoms with E-state index in [1.165, 1.54) is 0 Å². The Bertz CT molecular complexity index is 809. The van der Waals surface area contributed by atoms with Crippen molar-refractivity contribution < 1.29 is 13.0 Å². The lowest BCUT2D eigenvalue weighted by atomic mass is 9.97. The van der Waals surface area contributed by atoms with Gasteiger partial charge in [-0.15, -0.1) is 0 Å². The Kier molecular flexibility index (Phi) is 6.30. The second kappa shape index (κ2) is 7.64. The highest BCUT2D eigenvalue weighted by molar-refractivity contribution is 9.10. The first kappa shape index (κ1) is 21.4. The van der Waals surface area contributed by atoms with Gasteiger partial charge in [-0.05, 0) is 54.2 Å². The molecule has 8 heteroatoms. The average molecular weight is 450 g/mol. The second-order valence-corrected chi connectivity index (χ2v) is 11.4. The fraction of sp³-hybridized carbons (Fsp3) is 0.611. The van der Waals surface area contributed by atoms with Crippen molar-refractivity contribution in [1.82, 2.24) is 14.3 Å². The predicted molar refractivity (Wildman–Crippen MR) is 107 cm³/mol. The molecule has 2 atom stereocenters. The Morgan fingerprint density at radius 1 is 1.23 bits per heavy atom. The molecule has 0 aliphatic heterocycles. The fourth-order valence-electron chi connectivity index (χ4n) is 2.59. The quantitative estimate of drug-likeness (QED) is 0.637. The maximum atomic E-state index is 13.9. The summed E-state index contributed by atoms with van der Waals surface area (Å²) in [6, 6.07) is 2.18. The highest BCUT2D eigenvalue weighted by Gasteiger charge is 2.32. The average Bonchev–Trinajstić information content (AvgIpc) is 2.79. The van der Waals surface area contributed by atoms with Crippen LogP contribution < -0.4 is 4.72 Å². The van der Waals surface area contributed by atoms with Crippen molar-refractivity contribution in [3.05, 3.63) is 28.5 Å². The van der Waals surface area contributed by atoms with Crippen molar-refractivity contribution in [3.63, 3.8) is 0 Å². The van der Waals surface area contributed by atoms with Crippen molar-refractivity contribution in [3.8, 4) is 0 Å². The van der Waals surface area contributed by atoms with Gasteiger partial charge in [0.25, 0.3) is 6.43 Å². The maximum absolute atomic E-state index is 13.9. The van der Waals surface area contributed by atoms with Crippen LogP contribution in [0.4, 0.5) is 8.78 Å². The SMILES string of the molecule is CC(C)(C)Cn1cc([C@H](NS(=O)C(C)(C)C)C(F)F)c2ccc(Br)nc21. The van der Waals surface area contributed by atoms with Gasteiger partial charge in [-0.3, -0.25) is 0 Å². The summed E-state index contributed by atoms with van der Waals surface area (Å²) in [4.78, 5) is 4.48. The molecule has 2 aromatic heterocycles. The molecule has 0 aliphatic rings. The third-order valence-corrected chi connectivity index (χ3v) is 5.76. The predicted octanol–water partition coefficient (Wildman–Crippen LogP) is 5.20. The summed E-state index contributed by atoms with van der Waals surface area (Å²) >= 11 is 3.35. The molecule has 0 spiro atoms.